The predicted molar refractivity (Wildman–Crippen MR) is 160 cm³/mol. The number of rotatable bonds is 8. The van der Waals surface area contributed by atoms with E-state index in [2.05, 4.69) is 37.3 Å². The average molecular weight is 555 g/mol. The van der Waals surface area contributed by atoms with Crippen LogP contribution in [0.25, 0.3) is 17.2 Å². The van der Waals surface area contributed by atoms with Gasteiger partial charge in [0.2, 0.25) is 0 Å². The maximum absolute atomic E-state index is 9.16. The molecule has 0 saturated carbocycles. The van der Waals surface area contributed by atoms with Crippen LogP contribution in [0.3, 0.4) is 0 Å². The summed E-state index contributed by atoms with van der Waals surface area (Å²) in [7, 11) is 0. The summed E-state index contributed by atoms with van der Waals surface area (Å²) in [6.07, 6.45) is 9.09. The fourth-order valence-corrected chi connectivity index (χ4v) is 5.73. The number of hydrogen-bond donors (Lipinski definition) is 1. The van der Waals surface area contributed by atoms with Gasteiger partial charge < -0.3 is 28.8 Å². The van der Waals surface area contributed by atoms with Gasteiger partial charge in [0.05, 0.1) is 19.8 Å². The van der Waals surface area contributed by atoms with E-state index >= 15 is 0 Å². The normalized spacial score (nSPS) is 22.7. The monoisotopic (exact) mass is 554 g/mol. The van der Waals surface area contributed by atoms with Crippen molar-refractivity contribution in [3.8, 4) is 17.2 Å². The van der Waals surface area contributed by atoms with Crippen molar-refractivity contribution in [2.45, 2.75) is 64.1 Å². The first-order valence-electron chi connectivity index (χ1n) is 14.7. The van der Waals surface area contributed by atoms with E-state index in [4.69, 9.17) is 28.8 Å². The predicted octanol–water partition coefficient (Wildman–Crippen LogP) is 7.57. The lowest BCUT2D eigenvalue weighted by molar-refractivity contribution is -0.106. The highest BCUT2D eigenvalue weighted by atomic mass is 16.7. The van der Waals surface area contributed by atoms with Gasteiger partial charge in [0, 0.05) is 24.0 Å². The number of ether oxygens (including phenoxy) is 5. The Hall–Kier alpha value is -3.58. The number of allylic oxidation sites excluding steroid dienone is 1. The van der Waals surface area contributed by atoms with E-state index in [0.717, 1.165) is 102 Å². The van der Waals surface area contributed by atoms with E-state index in [-0.39, 0.29) is 25.3 Å². The Bertz CT molecular complexity index is 1380. The zero-order valence-corrected chi connectivity index (χ0v) is 23.6. The van der Waals surface area contributed by atoms with Crippen molar-refractivity contribution < 1.29 is 28.8 Å². The molecule has 6 rings (SSSR count). The maximum Gasteiger partial charge on any atom is 0.199 e. The molecule has 3 atom stereocenters. The van der Waals surface area contributed by atoms with Crippen molar-refractivity contribution in [3.05, 3.63) is 95.1 Å². The van der Waals surface area contributed by atoms with Crippen molar-refractivity contribution in [2.24, 2.45) is 0 Å². The second kappa shape index (κ2) is 12.9. The summed E-state index contributed by atoms with van der Waals surface area (Å²) in [5.74, 6) is 2.39. The van der Waals surface area contributed by atoms with Crippen LogP contribution in [0.1, 0.15) is 73.8 Å². The summed E-state index contributed by atoms with van der Waals surface area (Å²) in [5, 5.41) is 9.16. The second-order valence-corrected chi connectivity index (χ2v) is 10.8. The van der Waals surface area contributed by atoms with Gasteiger partial charge in [0.1, 0.15) is 23.4 Å². The van der Waals surface area contributed by atoms with E-state index in [1.54, 1.807) is 6.08 Å². The van der Waals surface area contributed by atoms with Gasteiger partial charge in [-0.15, -0.1) is 0 Å². The lowest BCUT2D eigenvalue weighted by atomic mass is 9.86. The Balaban J connectivity index is 1.37. The minimum atomic E-state index is -0.312. The second-order valence-electron chi connectivity index (χ2n) is 10.8. The highest BCUT2D eigenvalue weighted by Gasteiger charge is 2.30. The molecule has 6 heteroatoms. The summed E-state index contributed by atoms with van der Waals surface area (Å²) < 4.78 is 30.9. The molecule has 0 spiro atoms. The summed E-state index contributed by atoms with van der Waals surface area (Å²) in [6, 6.07) is 22.5. The third-order valence-electron chi connectivity index (χ3n) is 7.88. The Morgan fingerprint density at radius 3 is 2.20 bits per heavy atom. The summed E-state index contributed by atoms with van der Waals surface area (Å²) in [6.45, 7) is 3.64. The third-order valence-corrected chi connectivity index (χ3v) is 7.88. The van der Waals surface area contributed by atoms with Gasteiger partial charge in [-0.1, -0.05) is 48.6 Å². The highest BCUT2D eigenvalue weighted by molar-refractivity contribution is 5.96. The van der Waals surface area contributed by atoms with Crippen LogP contribution < -0.4 is 14.2 Å². The Morgan fingerprint density at radius 2 is 1.54 bits per heavy atom. The summed E-state index contributed by atoms with van der Waals surface area (Å²) in [4.78, 5) is 0. The minimum Gasteiger partial charge on any atom is -0.480 e. The van der Waals surface area contributed by atoms with Gasteiger partial charge in [-0.2, -0.15) is 0 Å². The van der Waals surface area contributed by atoms with Crippen molar-refractivity contribution in [3.63, 3.8) is 0 Å². The van der Waals surface area contributed by atoms with Crippen LogP contribution in [0, 0.1) is 0 Å². The van der Waals surface area contributed by atoms with Crippen LogP contribution in [0.5, 0.6) is 17.2 Å². The fourth-order valence-electron chi connectivity index (χ4n) is 5.73. The quantitative estimate of drug-likeness (QED) is 0.310. The largest absolute Gasteiger partial charge is 0.480 e. The molecule has 0 amide bonds. The van der Waals surface area contributed by atoms with Crippen LogP contribution in [0.4, 0.5) is 0 Å². The van der Waals surface area contributed by atoms with Crippen LogP contribution in [-0.4, -0.2) is 37.5 Å². The van der Waals surface area contributed by atoms with E-state index in [9.17, 15) is 0 Å². The van der Waals surface area contributed by atoms with Crippen LogP contribution in [-0.2, 0) is 9.47 Å². The molecule has 3 aliphatic heterocycles. The fraction of sp³-hybridized carbons (Fsp3) is 0.371. The molecule has 3 unspecified atom stereocenters. The first-order chi connectivity index (χ1) is 20.2. The first kappa shape index (κ1) is 27.6. The summed E-state index contributed by atoms with van der Waals surface area (Å²) in [5.41, 5.74) is 6.32. The van der Waals surface area contributed by atoms with Gasteiger partial charge in [0.15, 0.2) is 12.6 Å². The van der Waals surface area contributed by atoms with E-state index in [1.807, 2.05) is 42.5 Å². The molecule has 6 nitrogen and oxygen atoms in total. The van der Waals surface area contributed by atoms with Crippen molar-refractivity contribution in [1.82, 2.24) is 0 Å². The van der Waals surface area contributed by atoms with Gasteiger partial charge >= 0.3 is 0 Å². The van der Waals surface area contributed by atoms with Gasteiger partial charge in [-0.05, 0) is 85.2 Å². The Morgan fingerprint density at radius 1 is 0.829 bits per heavy atom. The minimum absolute atomic E-state index is 0.0131. The lowest BCUT2D eigenvalue weighted by Gasteiger charge is -2.32. The van der Waals surface area contributed by atoms with Gasteiger partial charge in [-0.25, -0.2) is 0 Å². The lowest BCUT2D eigenvalue weighted by Crippen LogP contribution is -2.25. The van der Waals surface area contributed by atoms with Crippen LogP contribution >= 0.6 is 0 Å². The topological polar surface area (TPSA) is 66.4 Å². The van der Waals surface area contributed by atoms with Crippen molar-refractivity contribution in [2.75, 3.05) is 19.8 Å². The van der Waals surface area contributed by atoms with Gasteiger partial charge in [-0.3, -0.25) is 0 Å². The molecule has 2 fully saturated rings. The van der Waals surface area contributed by atoms with E-state index in [1.165, 1.54) is 0 Å². The molecular weight excluding hydrogens is 516 g/mol. The molecule has 0 radical (unpaired) electrons. The molecule has 0 aliphatic carbocycles. The molecule has 0 aromatic heterocycles. The molecule has 214 valence electrons. The standard InChI is InChI=1S/C35H38O6/c1-24-30-23-29(40-33-12-3-5-21-38-33)17-18-31(30)41-35(26-15-13-25(14-16-26)8-7-19-36)34(24)27-9-6-10-28(22-27)39-32-11-2-4-20-37-32/h6-10,13-18,22-23,32-33,35-36H,2-5,11-12,19-21H2,1H3. The molecule has 3 heterocycles. The number of aliphatic hydroxyl groups is 1. The number of fused-ring (bicyclic) bond motifs is 1. The smallest absolute Gasteiger partial charge is 0.199 e. The van der Waals surface area contributed by atoms with E-state index in [0.29, 0.717) is 0 Å². The number of benzene rings is 3. The molecule has 0 bridgehead atoms. The first-order valence-corrected chi connectivity index (χ1v) is 14.7. The van der Waals surface area contributed by atoms with Crippen molar-refractivity contribution in [1.29, 1.82) is 0 Å². The number of aliphatic hydroxyl groups excluding tert-OH is 1. The Kier molecular flexibility index (Phi) is 8.71. The highest BCUT2D eigenvalue weighted by Crippen LogP contribution is 2.48. The van der Waals surface area contributed by atoms with Crippen LogP contribution in [0.2, 0.25) is 0 Å². The molecule has 3 aromatic carbocycles. The van der Waals surface area contributed by atoms with Crippen molar-refractivity contribution >= 4 is 17.2 Å². The molecular formula is C35H38O6. The Labute approximate surface area is 242 Å². The average Bonchev–Trinajstić information content (AvgIpc) is 3.01. The number of hydrogen-bond acceptors (Lipinski definition) is 6. The molecule has 3 aromatic rings. The SMILES string of the molecule is CC1=C(c2cccc(OC3CCCCO3)c2)C(c2ccc(C=CCO)cc2)Oc2ccc(OC3CCCCO3)cc21. The zero-order chi connectivity index (χ0) is 28.0. The van der Waals surface area contributed by atoms with Crippen LogP contribution in [0.15, 0.2) is 72.8 Å². The molecule has 41 heavy (non-hydrogen) atoms. The maximum atomic E-state index is 9.16. The zero-order valence-electron chi connectivity index (χ0n) is 23.6. The molecule has 3 aliphatic rings. The third kappa shape index (κ3) is 6.51. The summed E-state index contributed by atoms with van der Waals surface area (Å²) >= 11 is 0. The molecule has 2 saturated heterocycles. The van der Waals surface area contributed by atoms with Gasteiger partial charge in [0.25, 0.3) is 0 Å². The van der Waals surface area contributed by atoms with E-state index < -0.39 is 0 Å². The molecule has 1 N–H and O–H groups in total.